The van der Waals surface area contributed by atoms with Crippen LogP contribution in [0.15, 0.2) is 12.1 Å². The summed E-state index contributed by atoms with van der Waals surface area (Å²) in [4.78, 5) is 4.25. The molecule has 4 heteroatoms. The fourth-order valence-electron chi connectivity index (χ4n) is 2.11. The van der Waals surface area contributed by atoms with Gasteiger partial charge in [0, 0.05) is 12.3 Å². The number of hydrogen-bond donors (Lipinski definition) is 0. The van der Waals surface area contributed by atoms with Crippen molar-refractivity contribution in [2.75, 3.05) is 6.61 Å². The Bertz CT molecular complexity index is 439. The minimum atomic E-state index is -0.104. The number of nitriles is 1. The standard InChI is InChI=1S/C11H10N2O2/c12-6-8-1-2-10-9(13-8)5-7-3-4-14-11(7)15-10/h1-2,7,11H,3-5H2/t7-,11-/m0/s1. The molecule has 1 saturated heterocycles. The number of aromatic nitrogens is 1. The van der Waals surface area contributed by atoms with E-state index in [4.69, 9.17) is 14.7 Å². The molecule has 0 spiro atoms. The first-order chi connectivity index (χ1) is 7.36. The van der Waals surface area contributed by atoms with Gasteiger partial charge in [-0.05, 0) is 18.6 Å². The van der Waals surface area contributed by atoms with Crippen LogP contribution in [-0.2, 0) is 11.2 Å². The molecule has 76 valence electrons. The summed E-state index contributed by atoms with van der Waals surface area (Å²) in [5.41, 5.74) is 1.34. The molecule has 0 unspecified atom stereocenters. The Morgan fingerprint density at radius 2 is 2.40 bits per heavy atom. The van der Waals surface area contributed by atoms with Crippen LogP contribution in [0.2, 0.25) is 0 Å². The molecule has 2 atom stereocenters. The molecule has 0 aliphatic carbocycles. The molecule has 0 aromatic carbocycles. The lowest BCUT2D eigenvalue weighted by molar-refractivity contribution is -0.0705. The highest BCUT2D eigenvalue weighted by atomic mass is 16.7. The minimum Gasteiger partial charge on any atom is -0.463 e. The van der Waals surface area contributed by atoms with Crippen molar-refractivity contribution in [1.82, 2.24) is 4.98 Å². The molecule has 1 aromatic rings. The van der Waals surface area contributed by atoms with E-state index in [1.807, 2.05) is 6.07 Å². The highest BCUT2D eigenvalue weighted by Gasteiger charge is 2.35. The van der Waals surface area contributed by atoms with E-state index in [1.165, 1.54) is 0 Å². The molecule has 0 amide bonds. The number of rotatable bonds is 0. The van der Waals surface area contributed by atoms with E-state index in [2.05, 4.69) is 4.98 Å². The van der Waals surface area contributed by atoms with Crippen LogP contribution in [0.5, 0.6) is 5.75 Å². The average Bonchev–Trinajstić information content (AvgIpc) is 2.72. The molecule has 1 aromatic heterocycles. The molecular formula is C11H10N2O2. The van der Waals surface area contributed by atoms with Crippen LogP contribution in [0, 0.1) is 17.2 Å². The van der Waals surface area contributed by atoms with Crippen LogP contribution in [0.1, 0.15) is 17.8 Å². The second-order valence-electron chi connectivity index (χ2n) is 3.86. The van der Waals surface area contributed by atoms with E-state index in [1.54, 1.807) is 12.1 Å². The van der Waals surface area contributed by atoms with Crippen molar-refractivity contribution in [2.45, 2.75) is 19.1 Å². The van der Waals surface area contributed by atoms with Crippen molar-refractivity contribution in [3.05, 3.63) is 23.5 Å². The van der Waals surface area contributed by atoms with Gasteiger partial charge in [0.05, 0.1) is 12.3 Å². The summed E-state index contributed by atoms with van der Waals surface area (Å²) in [7, 11) is 0. The zero-order chi connectivity index (χ0) is 10.3. The Labute approximate surface area is 87.4 Å². The van der Waals surface area contributed by atoms with Crippen LogP contribution in [0.4, 0.5) is 0 Å². The average molecular weight is 202 g/mol. The first kappa shape index (κ1) is 8.69. The fraction of sp³-hybridized carbons (Fsp3) is 0.455. The largest absolute Gasteiger partial charge is 0.463 e. The quantitative estimate of drug-likeness (QED) is 0.635. The molecule has 15 heavy (non-hydrogen) atoms. The Morgan fingerprint density at radius 1 is 1.47 bits per heavy atom. The van der Waals surface area contributed by atoms with Gasteiger partial charge in [-0.1, -0.05) is 0 Å². The lowest BCUT2D eigenvalue weighted by Gasteiger charge is -2.26. The molecular weight excluding hydrogens is 192 g/mol. The third kappa shape index (κ3) is 1.36. The van der Waals surface area contributed by atoms with Gasteiger partial charge in [0.15, 0.2) is 0 Å². The molecule has 0 N–H and O–H groups in total. The Morgan fingerprint density at radius 3 is 3.27 bits per heavy atom. The van der Waals surface area contributed by atoms with Crippen LogP contribution in [0.3, 0.4) is 0 Å². The van der Waals surface area contributed by atoms with E-state index < -0.39 is 0 Å². The highest BCUT2D eigenvalue weighted by Crippen LogP contribution is 2.35. The highest BCUT2D eigenvalue weighted by molar-refractivity contribution is 5.35. The third-order valence-electron chi connectivity index (χ3n) is 2.90. The topological polar surface area (TPSA) is 55.1 Å². The first-order valence-corrected chi connectivity index (χ1v) is 5.05. The first-order valence-electron chi connectivity index (χ1n) is 5.05. The summed E-state index contributed by atoms with van der Waals surface area (Å²) in [6.07, 6.45) is 1.77. The maximum atomic E-state index is 8.75. The van der Waals surface area contributed by atoms with E-state index in [-0.39, 0.29) is 6.29 Å². The molecule has 2 aliphatic heterocycles. The summed E-state index contributed by atoms with van der Waals surface area (Å²) < 4.78 is 11.1. The lowest BCUT2D eigenvalue weighted by Crippen LogP contribution is -2.30. The molecule has 2 aliphatic rings. The maximum Gasteiger partial charge on any atom is 0.203 e. The van der Waals surface area contributed by atoms with Crippen molar-refractivity contribution in [1.29, 1.82) is 5.26 Å². The number of ether oxygens (including phenoxy) is 2. The van der Waals surface area contributed by atoms with Crippen molar-refractivity contribution >= 4 is 0 Å². The molecule has 4 nitrogen and oxygen atoms in total. The van der Waals surface area contributed by atoms with Crippen molar-refractivity contribution < 1.29 is 9.47 Å². The molecule has 3 rings (SSSR count). The van der Waals surface area contributed by atoms with Gasteiger partial charge >= 0.3 is 0 Å². The Kier molecular flexibility index (Phi) is 1.86. The van der Waals surface area contributed by atoms with Crippen molar-refractivity contribution in [3.8, 4) is 11.8 Å². The van der Waals surface area contributed by atoms with Gasteiger partial charge in [-0.2, -0.15) is 5.26 Å². The zero-order valence-electron chi connectivity index (χ0n) is 8.14. The molecule has 0 radical (unpaired) electrons. The summed E-state index contributed by atoms with van der Waals surface area (Å²) in [6, 6.07) is 5.52. The SMILES string of the molecule is N#Cc1ccc2c(n1)C[C@@H]1CCO[C@H]1O2. The Hall–Kier alpha value is -1.60. The van der Waals surface area contributed by atoms with Gasteiger partial charge in [-0.25, -0.2) is 4.98 Å². The van der Waals surface area contributed by atoms with E-state index in [0.29, 0.717) is 11.6 Å². The van der Waals surface area contributed by atoms with Gasteiger partial charge in [0.1, 0.15) is 17.5 Å². The van der Waals surface area contributed by atoms with Gasteiger partial charge in [0.2, 0.25) is 6.29 Å². The summed E-state index contributed by atoms with van der Waals surface area (Å²) in [5.74, 6) is 1.16. The second kappa shape index (κ2) is 3.21. The molecule has 1 fully saturated rings. The summed E-state index contributed by atoms with van der Waals surface area (Å²) in [5, 5.41) is 8.75. The van der Waals surface area contributed by atoms with Crippen molar-refractivity contribution in [2.24, 2.45) is 5.92 Å². The van der Waals surface area contributed by atoms with Gasteiger partial charge < -0.3 is 9.47 Å². The predicted molar refractivity (Wildman–Crippen MR) is 51.1 cm³/mol. The smallest absolute Gasteiger partial charge is 0.203 e. The van der Waals surface area contributed by atoms with Crippen LogP contribution >= 0.6 is 0 Å². The summed E-state index contributed by atoms with van der Waals surface area (Å²) in [6.45, 7) is 0.758. The Balaban J connectivity index is 1.97. The van der Waals surface area contributed by atoms with E-state index in [9.17, 15) is 0 Å². The van der Waals surface area contributed by atoms with Gasteiger partial charge in [-0.15, -0.1) is 0 Å². The molecule has 0 bridgehead atoms. The monoisotopic (exact) mass is 202 g/mol. The normalized spacial score (nSPS) is 27.4. The fourth-order valence-corrected chi connectivity index (χ4v) is 2.11. The number of nitrogens with zero attached hydrogens (tertiary/aromatic N) is 2. The molecule has 3 heterocycles. The second-order valence-corrected chi connectivity index (χ2v) is 3.86. The number of pyridine rings is 1. The van der Waals surface area contributed by atoms with Crippen molar-refractivity contribution in [3.63, 3.8) is 0 Å². The predicted octanol–water partition coefficient (Wildman–Crippen LogP) is 1.25. The third-order valence-corrected chi connectivity index (χ3v) is 2.90. The van der Waals surface area contributed by atoms with E-state index >= 15 is 0 Å². The lowest BCUT2D eigenvalue weighted by atomic mass is 9.98. The maximum absolute atomic E-state index is 8.75. The van der Waals surface area contributed by atoms with Gasteiger partial charge in [-0.3, -0.25) is 0 Å². The van der Waals surface area contributed by atoms with Crippen LogP contribution in [0.25, 0.3) is 0 Å². The number of hydrogen-bond acceptors (Lipinski definition) is 4. The van der Waals surface area contributed by atoms with Gasteiger partial charge in [0.25, 0.3) is 0 Å². The number of fused-ring (bicyclic) bond motifs is 2. The summed E-state index contributed by atoms with van der Waals surface area (Å²) >= 11 is 0. The van der Waals surface area contributed by atoms with Crippen LogP contribution < -0.4 is 4.74 Å². The molecule has 0 saturated carbocycles. The van der Waals surface area contributed by atoms with E-state index in [0.717, 1.165) is 30.9 Å². The zero-order valence-corrected chi connectivity index (χ0v) is 8.14. The minimum absolute atomic E-state index is 0.104. The van der Waals surface area contributed by atoms with Crippen LogP contribution in [-0.4, -0.2) is 17.9 Å².